The van der Waals surface area contributed by atoms with Gasteiger partial charge in [0, 0.05) is 37.5 Å². The van der Waals surface area contributed by atoms with E-state index in [1.165, 1.54) is 33.5 Å². The molecule has 7 nitrogen and oxygen atoms in total. The number of halogens is 1. The maximum absolute atomic E-state index is 14.2. The zero-order chi connectivity index (χ0) is 27.3. The van der Waals surface area contributed by atoms with Gasteiger partial charge in [0.15, 0.2) is 0 Å². The molecule has 1 N–H and O–H groups in total. The van der Waals surface area contributed by atoms with Crippen LogP contribution in [0.2, 0.25) is 0 Å². The molecule has 1 aliphatic rings. The summed E-state index contributed by atoms with van der Waals surface area (Å²) in [6, 6.07) is 9.82. The number of benzene rings is 2. The summed E-state index contributed by atoms with van der Waals surface area (Å²) in [6.07, 6.45) is 0.0860. The molecule has 2 aromatic rings. The Morgan fingerprint density at radius 3 is 2.59 bits per heavy atom. The number of aliphatic hydroxyl groups excluding tert-OH is 1. The van der Waals surface area contributed by atoms with Gasteiger partial charge < -0.3 is 14.7 Å². The molecular weight excluding hydrogens is 495 g/mol. The molecule has 1 aliphatic heterocycles. The Morgan fingerprint density at radius 2 is 1.95 bits per heavy atom. The van der Waals surface area contributed by atoms with Crippen LogP contribution in [0.15, 0.2) is 47.4 Å². The van der Waals surface area contributed by atoms with Gasteiger partial charge in [0.05, 0.1) is 18.7 Å². The maximum atomic E-state index is 14.2. The van der Waals surface area contributed by atoms with E-state index in [9.17, 15) is 22.7 Å². The second kappa shape index (κ2) is 12.1. The number of aliphatic hydroxyl groups is 1. The minimum atomic E-state index is -3.98. The smallest absolute Gasteiger partial charge is 0.256 e. The third-order valence-electron chi connectivity index (χ3n) is 6.31. The molecular formula is C28H35FN2O5S. The fourth-order valence-corrected chi connectivity index (χ4v) is 5.90. The Hall–Kier alpha value is -2.93. The molecule has 9 heteroatoms. The van der Waals surface area contributed by atoms with Crippen molar-refractivity contribution < 1.29 is 27.4 Å². The van der Waals surface area contributed by atoms with Crippen molar-refractivity contribution in [1.82, 2.24) is 9.21 Å². The van der Waals surface area contributed by atoms with E-state index in [4.69, 9.17) is 4.74 Å². The number of carbonyl (C=O) groups excluding carboxylic acids is 1. The van der Waals surface area contributed by atoms with E-state index in [0.29, 0.717) is 17.9 Å². The normalized spacial score (nSPS) is 20.0. The average Bonchev–Trinajstić information content (AvgIpc) is 2.85. The van der Waals surface area contributed by atoms with E-state index in [0.717, 1.165) is 0 Å². The number of ether oxygens (including phenoxy) is 1. The third-order valence-corrected chi connectivity index (χ3v) is 8.33. The molecule has 0 unspecified atom stereocenters. The number of hydrogen-bond donors (Lipinski definition) is 1. The van der Waals surface area contributed by atoms with E-state index in [-0.39, 0.29) is 41.8 Å². The lowest BCUT2D eigenvalue weighted by atomic mass is 10.0. The Morgan fingerprint density at radius 1 is 1.24 bits per heavy atom. The first kappa shape index (κ1) is 28.6. The van der Waals surface area contributed by atoms with Crippen LogP contribution in [-0.4, -0.2) is 67.5 Å². The molecule has 3 rings (SSSR count). The van der Waals surface area contributed by atoms with E-state index < -0.39 is 33.9 Å². The molecule has 0 bridgehead atoms. The summed E-state index contributed by atoms with van der Waals surface area (Å²) in [5.74, 6) is 5.22. The number of carbonyl (C=O) groups is 1. The molecule has 1 amide bonds. The molecule has 0 fully saturated rings. The molecule has 0 spiro atoms. The first-order valence-corrected chi connectivity index (χ1v) is 13.8. The van der Waals surface area contributed by atoms with Crippen LogP contribution in [0.1, 0.15) is 50.0 Å². The summed E-state index contributed by atoms with van der Waals surface area (Å²) in [5.41, 5.74) is 0.559. The summed E-state index contributed by atoms with van der Waals surface area (Å²) < 4.78 is 49.0. The van der Waals surface area contributed by atoms with Crippen molar-refractivity contribution >= 4 is 15.9 Å². The van der Waals surface area contributed by atoms with Gasteiger partial charge in [-0.05, 0) is 43.2 Å². The Balaban J connectivity index is 2.01. The molecule has 0 saturated heterocycles. The molecule has 0 radical (unpaired) electrons. The number of amides is 1. The van der Waals surface area contributed by atoms with E-state index in [1.54, 1.807) is 32.2 Å². The van der Waals surface area contributed by atoms with Gasteiger partial charge in [-0.2, -0.15) is 4.31 Å². The third kappa shape index (κ3) is 6.69. The van der Waals surface area contributed by atoms with Crippen LogP contribution in [0.25, 0.3) is 0 Å². The van der Waals surface area contributed by atoms with Crippen molar-refractivity contribution in [1.29, 1.82) is 0 Å². The van der Waals surface area contributed by atoms with Crippen LogP contribution in [0.5, 0.6) is 5.75 Å². The lowest BCUT2D eigenvalue weighted by Crippen LogP contribution is -2.50. The first-order chi connectivity index (χ1) is 17.4. The SMILES string of the molecule is CC(C)CC#Cc1ccc2c(c1)O[C@H](CN(C)C(=O)c1ccccc1F)[C@H](C)CN([C@H](C)CO)S2(=O)=O. The van der Waals surface area contributed by atoms with Crippen molar-refractivity contribution in [2.75, 3.05) is 26.7 Å². The zero-order valence-electron chi connectivity index (χ0n) is 21.9. The van der Waals surface area contributed by atoms with Crippen molar-refractivity contribution in [3.63, 3.8) is 0 Å². The summed E-state index contributed by atoms with van der Waals surface area (Å²) >= 11 is 0. The van der Waals surface area contributed by atoms with Gasteiger partial charge >= 0.3 is 0 Å². The van der Waals surface area contributed by atoms with E-state index >= 15 is 0 Å². The highest BCUT2D eigenvalue weighted by Crippen LogP contribution is 2.34. The predicted octanol–water partition coefficient (Wildman–Crippen LogP) is 3.76. The van der Waals surface area contributed by atoms with Gasteiger partial charge in [-0.1, -0.05) is 44.7 Å². The molecule has 37 heavy (non-hydrogen) atoms. The topological polar surface area (TPSA) is 87.2 Å². The number of rotatable bonds is 6. The van der Waals surface area contributed by atoms with Crippen LogP contribution < -0.4 is 4.74 Å². The molecule has 0 saturated carbocycles. The Kier molecular flexibility index (Phi) is 9.35. The monoisotopic (exact) mass is 530 g/mol. The van der Waals surface area contributed by atoms with Gasteiger partial charge in [-0.3, -0.25) is 4.79 Å². The fourth-order valence-electron chi connectivity index (χ4n) is 4.07. The van der Waals surface area contributed by atoms with Crippen LogP contribution in [0, 0.1) is 29.5 Å². The Bertz CT molecular complexity index is 1280. The molecule has 2 aromatic carbocycles. The van der Waals surface area contributed by atoms with E-state index in [1.807, 2.05) is 6.92 Å². The minimum absolute atomic E-state index is 0.0257. The molecule has 200 valence electrons. The average molecular weight is 531 g/mol. The summed E-state index contributed by atoms with van der Waals surface area (Å²) in [7, 11) is -2.43. The van der Waals surface area contributed by atoms with E-state index in [2.05, 4.69) is 25.7 Å². The molecule has 0 aromatic heterocycles. The summed E-state index contributed by atoms with van der Waals surface area (Å²) in [6.45, 7) is 7.41. The number of hydrogen-bond acceptors (Lipinski definition) is 5. The Labute approximate surface area is 219 Å². The second-order valence-electron chi connectivity index (χ2n) is 9.97. The van der Waals surface area contributed by atoms with Gasteiger partial charge in [-0.15, -0.1) is 0 Å². The predicted molar refractivity (Wildman–Crippen MR) is 140 cm³/mol. The van der Waals surface area contributed by atoms with Gasteiger partial charge in [0.1, 0.15) is 22.6 Å². The number of sulfonamides is 1. The fraction of sp³-hybridized carbons (Fsp3) is 0.464. The van der Waals surface area contributed by atoms with Crippen molar-refractivity contribution in [3.8, 4) is 17.6 Å². The minimum Gasteiger partial charge on any atom is -0.487 e. The zero-order valence-corrected chi connectivity index (χ0v) is 22.8. The highest BCUT2D eigenvalue weighted by molar-refractivity contribution is 7.89. The highest BCUT2D eigenvalue weighted by Gasteiger charge is 2.38. The van der Waals surface area contributed by atoms with Gasteiger partial charge in [0.25, 0.3) is 5.91 Å². The quantitative estimate of drug-likeness (QED) is 0.575. The van der Waals surface area contributed by atoms with Crippen molar-refractivity contribution in [3.05, 3.63) is 59.4 Å². The molecule has 1 heterocycles. The molecule has 3 atom stereocenters. The van der Waals surface area contributed by atoms with Gasteiger partial charge in [0.2, 0.25) is 10.0 Å². The highest BCUT2D eigenvalue weighted by atomic mass is 32.2. The molecule has 0 aliphatic carbocycles. The van der Waals surface area contributed by atoms with Crippen LogP contribution in [0.3, 0.4) is 0 Å². The first-order valence-electron chi connectivity index (χ1n) is 12.4. The van der Waals surface area contributed by atoms with Crippen molar-refractivity contribution in [2.24, 2.45) is 11.8 Å². The number of likely N-dealkylation sites (N-methyl/N-ethyl adjacent to an activating group) is 1. The second-order valence-corrected chi connectivity index (χ2v) is 11.8. The lowest BCUT2D eigenvalue weighted by molar-refractivity contribution is 0.0560. The van der Waals surface area contributed by atoms with Crippen LogP contribution in [0.4, 0.5) is 4.39 Å². The summed E-state index contributed by atoms with van der Waals surface area (Å²) in [4.78, 5) is 14.3. The van der Waals surface area contributed by atoms with Crippen LogP contribution in [-0.2, 0) is 10.0 Å². The lowest BCUT2D eigenvalue weighted by Gasteiger charge is -2.37. The summed E-state index contributed by atoms with van der Waals surface area (Å²) in [5, 5.41) is 9.79. The van der Waals surface area contributed by atoms with Gasteiger partial charge in [-0.25, -0.2) is 12.8 Å². The van der Waals surface area contributed by atoms with Crippen molar-refractivity contribution in [2.45, 2.75) is 51.2 Å². The maximum Gasteiger partial charge on any atom is 0.256 e. The number of nitrogens with zero attached hydrogens (tertiary/aromatic N) is 2. The number of fused-ring (bicyclic) bond motifs is 1. The largest absolute Gasteiger partial charge is 0.487 e. The standard InChI is InChI=1S/C28H35FN2O5S/c1-19(2)9-8-10-22-13-14-27-25(15-22)36-26(20(3)16-31(21(4)18-32)37(27,34)35)17-30(5)28(33)23-11-6-7-12-24(23)29/h6-7,11-15,19-21,26,32H,9,16-18H2,1-5H3/t20-,21-,26-/m1/s1. The van der Waals surface area contributed by atoms with Crippen LogP contribution >= 0.6 is 0 Å².